The van der Waals surface area contributed by atoms with Crippen molar-refractivity contribution in [2.24, 2.45) is 0 Å². The number of methoxy groups -OCH3 is 1. The van der Waals surface area contributed by atoms with Crippen molar-refractivity contribution in [3.8, 4) is 10.6 Å². The predicted molar refractivity (Wildman–Crippen MR) is 111 cm³/mol. The van der Waals surface area contributed by atoms with Crippen LogP contribution in [-0.2, 0) is 4.74 Å². The highest BCUT2D eigenvalue weighted by atomic mass is 32.1. The van der Waals surface area contributed by atoms with Crippen LogP contribution >= 0.6 is 11.3 Å². The van der Waals surface area contributed by atoms with E-state index in [-0.39, 0.29) is 11.8 Å². The second-order valence-electron chi connectivity index (χ2n) is 6.15. The molecule has 1 heterocycles. The van der Waals surface area contributed by atoms with Crippen LogP contribution in [-0.4, -0.2) is 37.1 Å². The molecule has 0 saturated carbocycles. The number of aryl methyl sites for hydroxylation is 1. The molecule has 3 aromatic rings. The molecule has 6 nitrogen and oxygen atoms in total. The Morgan fingerprint density at radius 1 is 1.07 bits per heavy atom. The van der Waals surface area contributed by atoms with E-state index in [9.17, 15) is 9.59 Å². The molecule has 0 aliphatic heterocycles. The number of hydrogen-bond acceptors (Lipinski definition) is 5. The molecular weight excluding hydrogens is 374 g/mol. The highest BCUT2D eigenvalue weighted by Gasteiger charge is 2.16. The van der Waals surface area contributed by atoms with E-state index in [2.05, 4.69) is 15.6 Å². The van der Waals surface area contributed by atoms with Crippen LogP contribution in [0, 0.1) is 6.92 Å². The molecule has 0 aliphatic carbocycles. The Kier molecular flexibility index (Phi) is 6.52. The first kappa shape index (κ1) is 19.7. The van der Waals surface area contributed by atoms with Crippen LogP contribution in [0.1, 0.15) is 26.4 Å². The number of anilines is 1. The fourth-order valence-corrected chi connectivity index (χ4v) is 3.35. The zero-order chi connectivity index (χ0) is 19.9. The summed E-state index contributed by atoms with van der Waals surface area (Å²) in [5, 5.41) is 8.03. The number of ether oxygens (including phenoxy) is 1. The summed E-state index contributed by atoms with van der Waals surface area (Å²) in [6.45, 7) is 2.83. The molecule has 0 aliphatic rings. The minimum atomic E-state index is -0.355. The van der Waals surface area contributed by atoms with Gasteiger partial charge < -0.3 is 15.4 Å². The van der Waals surface area contributed by atoms with Crippen LogP contribution in [0.2, 0.25) is 0 Å². The molecule has 2 amide bonds. The molecule has 28 heavy (non-hydrogen) atoms. The second-order valence-corrected chi connectivity index (χ2v) is 7.01. The lowest BCUT2D eigenvalue weighted by molar-refractivity contribution is 0.0938. The number of carbonyl (C=O) groups excluding carboxylic acids is 2. The Bertz CT molecular complexity index is 967. The zero-order valence-corrected chi connectivity index (χ0v) is 16.5. The van der Waals surface area contributed by atoms with Crippen LogP contribution in [0.15, 0.2) is 53.9 Å². The number of benzene rings is 2. The van der Waals surface area contributed by atoms with Crippen LogP contribution in [0.5, 0.6) is 0 Å². The number of nitrogens with one attached hydrogen (secondary N) is 2. The molecule has 0 unspecified atom stereocenters. The van der Waals surface area contributed by atoms with E-state index in [1.54, 1.807) is 36.8 Å². The highest BCUT2D eigenvalue weighted by molar-refractivity contribution is 7.13. The quantitative estimate of drug-likeness (QED) is 0.597. The van der Waals surface area contributed by atoms with Gasteiger partial charge in [-0.15, -0.1) is 11.3 Å². The van der Waals surface area contributed by atoms with Crippen molar-refractivity contribution >= 4 is 28.8 Å². The summed E-state index contributed by atoms with van der Waals surface area (Å²) in [6, 6.07) is 14.8. The molecule has 3 rings (SSSR count). The Morgan fingerprint density at radius 2 is 1.82 bits per heavy atom. The Hall–Kier alpha value is -3.03. The van der Waals surface area contributed by atoms with Gasteiger partial charge in [0.25, 0.3) is 11.8 Å². The van der Waals surface area contributed by atoms with Crippen molar-refractivity contribution in [2.45, 2.75) is 6.92 Å². The second kappa shape index (κ2) is 9.25. The molecule has 2 aromatic carbocycles. The maximum atomic E-state index is 12.6. The monoisotopic (exact) mass is 395 g/mol. The predicted octanol–water partition coefficient (Wildman–Crippen LogP) is 3.75. The molecule has 0 radical (unpaired) electrons. The molecule has 0 saturated heterocycles. The van der Waals surface area contributed by atoms with Gasteiger partial charge in [0, 0.05) is 24.6 Å². The number of aromatic nitrogens is 1. The molecular formula is C21H21N3O3S. The third-order valence-electron chi connectivity index (χ3n) is 4.05. The van der Waals surface area contributed by atoms with Gasteiger partial charge in [-0.1, -0.05) is 42.0 Å². The first-order valence-corrected chi connectivity index (χ1v) is 9.66. The molecule has 0 atom stereocenters. The minimum Gasteiger partial charge on any atom is -0.383 e. The van der Waals surface area contributed by atoms with Crippen molar-refractivity contribution in [1.82, 2.24) is 10.3 Å². The topological polar surface area (TPSA) is 80.3 Å². The van der Waals surface area contributed by atoms with Gasteiger partial charge in [0.05, 0.1) is 17.9 Å². The Morgan fingerprint density at radius 3 is 2.57 bits per heavy atom. The molecule has 0 bridgehead atoms. The van der Waals surface area contributed by atoms with Crippen molar-refractivity contribution in [3.63, 3.8) is 0 Å². The van der Waals surface area contributed by atoms with Gasteiger partial charge in [0.2, 0.25) is 0 Å². The van der Waals surface area contributed by atoms with E-state index in [1.165, 1.54) is 16.9 Å². The SMILES string of the molecule is COCCNC(=O)c1ccccc1NC(=O)c1csc(-c2ccc(C)cc2)n1. The summed E-state index contributed by atoms with van der Waals surface area (Å²) in [6.07, 6.45) is 0. The van der Waals surface area contributed by atoms with E-state index >= 15 is 0 Å². The molecule has 0 spiro atoms. The fourth-order valence-electron chi connectivity index (χ4n) is 2.55. The van der Waals surface area contributed by atoms with Crippen molar-refractivity contribution in [3.05, 3.63) is 70.7 Å². The number of amides is 2. The summed E-state index contributed by atoms with van der Waals surface area (Å²) >= 11 is 1.41. The summed E-state index contributed by atoms with van der Waals surface area (Å²) in [7, 11) is 1.57. The first-order valence-electron chi connectivity index (χ1n) is 8.78. The first-order chi connectivity index (χ1) is 13.6. The van der Waals surface area contributed by atoms with Gasteiger partial charge >= 0.3 is 0 Å². The highest BCUT2D eigenvalue weighted by Crippen LogP contribution is 2.25. The molecule has 0 fully saturated rings. The van der Waals surface area contributed by atoms with Gasteiger partial charge in [-0.2, -0.15) is 0 Å². The van der Waals surface area contributed by atoms with E-state index in [1.807, 2.05) is 31.2 Å². The van der Waals surface area contributed by atoms with Crippen molar-refractivity contribution in [1.29, 1.82) is 0 Å². The van der Waals surface area contributed by atoms with Crippen molar-refractivity contribution < 1.29 is 14.3 Å². The smallest absolute Gasteiger partial charge is 0.275 e. The van der Waals surface area contributed by atoms with Gasteiger partial charge in [0.15, 0.2) is 0 Å². The third-order valence-corrected chi connectivity index (χ3v) is 4.94. The molecule has 1 aromatic heterocycles. The largest absolute Gasteiger partial charge is 0.383 e. The zero-order valence-electron chi connectivity index (χ0n) is 15.7. The average Bonchev–Trinajstić information content (AvgIpc) is 3.19. The minimum absolute atomic E-state index is 0.272. The number of thiazole rings is 1. The third kappa shape index (κ3) is 4.82. The van der Waals surface area contributed by atoms with E-state index in [0.29, 0.717) is 30.1 Å². The standard InChI is InChI=1S/C21H21N3O3S/c1-14-7-9-15(10-8-14)21-24-18(13-28-21)20(26)23-17-6-4-3-5-16(17)19(25)22-11-12-27-2/h3-10,13H,11-12H2,1-2H3,(H,22,25)(H,23,26). The lowest BCUT2D eigenvalue weighted by atomic mass is 10.1. The lowest BCUT2D eigenvalue weighted by Crippen LogP contribution is -2.28. The van der Waals surface area contributed by atoms with E-state index in [0.717, 1.165) is 10.6 Å². The van der Waals surface area contributed by atoms with Crippen LogP contribution in [0.25, 0.3) is 10.6 Å². The van der Waals surface area contributed by atoms with Crippen LogP contribution in [0.4, 0.5) is 5.69 Å². The Labute approximate surface area is 167 Å². The summed E-state index contributed by atoms with van der Waals surface area (Å²) in [4.78, 5) is 29.4. The van der Waals surface area contributed by atoms with Gasteiger partial charge in [0.1, 0.15) is 10.7 Å². The maximum Gasteiger partial charge on any atom is 0.275 e. The average molecular weight is 395 g/mol. The summed E-state index contributed by atoms with van der Waals surface area (Å²) < 4.78 is 4.93. The van der Waals surface area contributed by atoms with Gasteiger partial charge in [-0.25, -0.2) is 4.98 Å². The normalized spacial score (nSPS) is 10.5. The molecule has 2 N–H and O–H groups in total. The Balaban J connectivity index is 1.73. The fraction of sp³-hybridized carbons (Fsp3) is 0.190. The van der Waals surface area contributed by atoms with Gasteiger partial charge in [-0.3, -0.25) is 9.59 Å². The molecule has 144 valence electrons. The summed E-state index contributed by atoms with van der Waals surface area (Å²) in [5.41, 5.74) is 3.27. The number of para-hydroxylation sites is 1. The number of hydrogen-bond donors (Lipinski definition) is 2. The number of carbonyl (C=O) groups is 2. The van der Waals surface area contributed by atoms with Gasteiger partial charge in [-0.05, 0) is 19.1 Å². The van der Waals surface area contributed by atoms with Crippen LogP contribution < -0.4 is 10.6 Å². The van der Waals surface area contributed by atoms with E-state index in [4.69, 9.17) is 4.74 Å². The van der Waals surface area contributed by atoms with Crippen molar-refractivity contribution in [2.75, 3.05) is 25.6 Å². The molecule has 7 heteroatoms. The number of rotatable bonds is 7. The lowest BCUT2D eigenvalue weighted by Gasteiger charge is -2.10. The van der Waals surface area contributed by atoms with Crippen LogP contribution in [0.3, 0.4) is 0 Å². The van der Waals surface area contributed by atoms with E-state index < -0.39 is 0 Å². The maximum absolute atomic E-state index is 12.6. The summed E-state index contributed by atoms with van der Waals surface area (Å²) in [5.74, 6) is -0.627. The number of nitrogens with zero attached hydrogens (tertiary/aromatic N) is 1.